The molecule has 0 aliphatic rings. The normalized spacial score (nSPS) is 15.8. The molecule has 16 heavy (non-hydrogen) atoms. The summed E-state index contributed by atoms with van der Waals surface area (Å²) in [5.41, 5.74) is -0.132. The van der Waals surface area contributed by atoms with Gasteiger partial charge in [-0.3, -0.25) is 0 Å². The van der Waals surface area contributed by atoms with Gasteiger partial charge in [-0.1, -0.05) is 18.2 Å². The molecule has 0 bridgehead atoms. The van der Waals surface area contributed by atoms with E-state index in [1.807, 2.05) is 0 Å². The molecule has 0 aromatic heterocycles. The lowest BCUT2D eigenvalue weighted by Gasteiger charge is -2.19. The Balaban J connectivity index is 3.10. The van der Waals surface area contributed by atoms with Gasteiger partial charge in [0, 0.05) is 11.8 Å². The molecule has 0 fully saturated rings. The average Bonchev–Trinajstić information content (AvgIpc) is 2.17. The van der Waals surface area contributed by atoms with E-state index in [9.17, 15) is 17.9 Å². The van der Waals surface area contributed by atoms with E-state index in [0.29, 0.717) is 0 Å². The van der Waals surface area contributed by atoms with E-state index in [4.69, 9.17) is 5.11 Å². The second-order valence-electron chi connectivity index (χ2n) is 3.52. The average molecular weight is 248 g/mol. The number of hydrogen-bond acceptors (Lipinski definition) is 4. The minimum absolute atomic E-state index is 0.132. The van der Waals surface area contributed by atoms with E-state index in [1.165, 1.54) is 18.2 Å². The summed E-state index contributed by atoms with van der Waals surface area (Å²) in [5, 5.41) is 17.2. The van der Waals surface area contributed by atoms with Gasteiger partial charge in [0.1, 0.15) is 17.2 Å². The van der Waals surface area contributed by atoms with E-state index in [0.717, 1.165) is 12.3 Å². The van der Waals surface area contributed by atoms with Crippen molar-refractivity contribution >= 4 is 9.84 Å². The fraction of sp³-hybridized carbons (Fsp3) is 0.400. The Bertz CT molecular complexity index is 458. The van der Waals surface area contributed by atoms with Crippen LogP contribution in [0.1, 0.15) is 11.7 Å². The largest absolute Gasteiger partial charge is 0.395 e. The maximum atomic E-state index is 13.3. The highest BCUT2D eigenvalue weighted by atomic mass is 32.2. The van der Waals surface area contributed by atoms with Crippen LogP contribution in [0, 0.1) is 5.82 Å². The van der Waals surface area contributed by atoms with E-state index in [1.54, 1.807) is 0 Å². The third-order valence-electron chi connectivity index (χ3n) is 2.31. The second kappa shape index (κ2) is 4.90. The van der Waals surface area contributed by atoms with E-state index >= 15 is 0 Å². The minimum atomic E-state index is -3.65. The highest BCUT2D eigenvalue weighted by Gasteiger charge is 2.30. The van der Waals surface area contributed by atoms with Gasteiger partial charge in [0.25, 0.3) is 0 Å². The van der Waals surface area contributed by atoms with Crippen LogP contribution in [0.5, 0.6) is 0 Å². The van der Waals surface area contributed by atoms with Crippen LogP contribution in [0.15, 0.2) is 24.3 Å². The molecule has 2 N–H and O–H groups in total. The number of hydrogen-bond donors (Lipinski definition) is 2. The number of rotatable bonds is 4. The first-order valence-corrected chi connectivity index (χ1v) is 6.55. The molecule has 0 saturated heterocycles. The Hall–Kier alpha value is -0.980. The smallest absolute Gasteiger partial charge is 0.155 e. The fourth-order valence-corrected chi connectivity index (χ4v) is 2.27. The monoisotopic (exact) mass is 248 g/mol. The summed E-state index contributed by atoms with van der Waals surface area (Å²) < 4.78 is 35.8. The molecule has 1 rings (SSSR count). The lowest BCUT2D eigenvalue weighted by atomic mass is 10.1. The first-order chi connectivity index (χ1) is 7.38. The lowest BCUT2D eigenvalue weighted by molar-refractivity contribution is 0.134. The third kappa shape index (κ3) is 2.78. The number of aliphatic hydroxyl groups is 2. The van der Waals surface area contributed by atoms with Crippen LogP contribution in [0.3, 0.4) is 0 Å². The Morgan fingerprint density at radius 3 is 2.38 bits per heavy atom. The zero-order chi connectivity index (χ0) is 12.3. The maximum absolute atomic E-state index is 13.3. The predicted molar refractivity (Wildman–Crippen MR) is 57.1 cm³/mol. The van der Waals surface area contributed by atoms with Crippen LogP contribution in [0.2, 0.25) is 0 Å². The number of halogens is 1. The van der Waals surface area contributed by atoms with Crippen molar-refractivity contribution in [2.75, 3.05) is 12.9 Å². The van der Waals surface area contributed by atoms with E-state index in [-0.39, 0.29) is 5.56 Å². The Labute approximate surface area is 93.3 Å². The highest BCUT2D eigenvalue weighted by Crippen LogP contribution is 2.23. The fourth-order valence-electron chi connectivity index (χ4n) is 1.38. The molecule has 0 unspecified atom stereocenters. The summed E-state index contributed by atoms with van der Waals surface area (Å²) >= 11 is 0. The quantitative estimate of drug-likeness (QED) is 0.801. The van der Waals surface area contributed by atoms with Crippen molar-refractivity contribution in [2.24, 2.45) is 0 Å². The standard InChI is InChI=1S/C10H13FO4S/c1-16(14,15)9(6-12)10(13)7-4-2-3-5-8(7)11/h2-5,9-10,12-13H,6H2,1H3/t9-,10+/m1/s1. The van der Waals surface area contributed by atoms with E-state index < -0.39 is 33.6 Å². The Kier molecular flexibility index (Phi) is 4.01. The summed E-state index contributed by atoms with van der Waals surface area (Å²) in [6, 6.07) is 5.32. The summed E-state index contributed by atoms with van der Waals surface area (Å²) in [6.07, 6.45) is -0.681. The molecular formula is C10H13FO4S. The van der Waals surface area contributed by atoms with Gasteiger partial charge in [-0.05, 0) is 6.07 Å². The van der Waals surface area contributed by atoms with Crippen molar-refractivity contribution in [3.8, 4) is 0 Å². The molecule has 0 spiro atoms. The number of aliphatic hydroxyl groups excluding tert-OH is 2. The van der Waals surface area contributed by atoms with E-state index in [2.05, 4.69) is 0 Å². The molecule has 0 heterocycles. The number of sulfone groups is 1. The van der Waals surface area contributed by atoms with Gasteiger partial charge in [0.2, 0.25) is 0 Å². The van der Waals surface area contributed by atoms with Crippen molar-refractivity contribution in [1.82, 2.24) is 0 Å². The molecule has 0 aliphatic carbocycles. The third-order valence-corrected chi connectivity index (χ3v) is 3.81. The van der Waals surface area contributed by atoms with Gasteiger partial charge < -0.3 is 10.2 Å². The summed E-state index contributed by atoms with van der Waals surface area (Å²) in [5.74, 6) is -0.697. The molecule has 0 amide bonds. The molecule has 90 valence electrons. The van der Waals surface area contributed by atoms with Crippen LogP contribution in [0.4, 0.5) is 4.39 Å². The van der Waals surface area contributed by atoms with Gasteiger partial charge in [-0.15, -0.1) is 0 Å². The van der Waals surface area contributed by atoms with Gasteiger partial charge in [0.15, 0.2) is 9.84 Å². The molecule has 4 nitrogen and oxygen atoms in total. The molecule has 0 radical (unpaired) electrons. The van der Waals surface area contributed by atoms with Crippen LogP contribution < -0.4 is 0 Å². The van der Waals surface area contributed by atoms with Crippen molar-refractivity contribution in [3.05, 3.63) is 35.6 Å². The molecule has 1 aromatic rings. The molecule has 1 aromatic carbocycles. The van der Waals surface area contributed by atoms with Crippen molar-refractivity contribution < 1.29 is 23.0 Å². The summed E-state index contributed by atoms with van der Waals surface area (Å²) in [4.78, 5) is 0. The number of benzene rings is 1. The molecule has 0 saturated carbocycles. The molecule has 0 aliphatic heterocycles. The van der Waals surface area contributed by atoms with Gasteiger partial charge >= 0.3 is 0 Å². The second-order valence-corrected chi connectivity index (χ2v) is 5.78. The molecular weight excluding hydrogens is 235 g/mol. The van der Waals surface area contributed by atoms with Crippen LogP contribution >= 0.6 is 0 Å². The first-order valence-electron chi connectivity index (χ1n) is 4.60. The van der Waals surface area contributed by atoms with Gasteiger partial charge in [0.05, 0.1) is 6.61 Å². The van der Waals surface area contributed by atoms with Gasteiger partial charge in [-0.2, -0.15) is 0 Å². The SMILES string of the molecule is CS(=O)(=O)[C@H](CO)[C@@H](O)c1ccccc1F. The van der Waals surface area contributed by atoms with Crippen LogP contribution in [-0.2, 0) is 9.84 Å². The minimum Gasteiger partial charge on any atom is -0.395 e. The maximum Gasteiger partial charge on any atom is 0.155 e. The Morgan fingerprint density at radius 1 is 1.38 bits per heavy atom. The molecule has 2 atom stereocenters. The topological polar surface area (TPSA) is 74.6 Å². The Morgan fingerprint density at radius 2 is 1.94 bits per heavy atom. The van der Waals surface area contributed by atoms with Gasteiger partial charge in [-0.25, -0.2) is 12.8 Å². The van der Waals surface area contributed by atoms with Crippen LogP contribution in [0.25, 0.3) is 0 Å². The van der Waals surface area contributed by atoms with Crippen molar-refractivity contribution in [1.29, 1.82) is 0 Å². The zero-order valence-electron chi connectivity index (χ0n) is 8.67. The molecule has 6 heteroatoms. The zero-order valence-corrected chi connectivity index (χ0v) is 9.48. The predicted octanol–water partition coefficient (Wildman–Crippen LogP) is 0.265. The lowest BCUT2D eigenvalue weighted by Crippen LogP contribution is -2.31. The van der Waals surface area contributed by atoms with Crippen molar-refractivity contribution in [3.63, 3.8) is 0 Å². The summed E-state index contributed by atoms with van der Waals surface area (Å²) in [7, 11) is -3.65. The van der Waals surface area contributed by atoms with Crippen molar-refractivity contribution in [2.45, 2.75) is 11.4 Å². The highest BCUT2D eigenvalue weighted by molar-refractivity contribution is 7.91. The first kappa shape index (κ1) is 13.1. The summed E-state index contributed by atoms with van der Waals surface area (Å²) in [6.45, 7) is -0.756. The van der Waals surface area contributed by atoms with Crippen LogP contribution in [-0.4, -0.2) is 36.7 Å².